The zero-order chi connectivity index (χ0) is 13.1. The maximum absolute atomic E-state index is 10.4. The Hall–Kier alpha value is -0.860. The van der Waals surface area contributed by atoms with Crippen LogP contribution < -0.4 is 0 Å². The van der Waals surface area contributed by atoms with Crippen molar-refractivity contribution >= 4 is 0 Å². The van der Waals surface area contributed by atoms with Crippen LogP contribution in [-0.2, 0) is 11.2 Å². The van der Waals surface area contributed by atoms with Crippen molar-refractivity contribution in [3.05, 3.63) is 35.9 Å². The molecule has 1 heterocycles. The number of hydrogen-bond acceptors (Lipinski definition) is 2. The molecule has 100 valence electrons. The van der Waals surface area contributed by atoms with Crippen molar-refractivity contribution in [2.75, 3.05) is 0 Å². The van der Waals surface area contributed by atoms with Crippen molar-refractivity contribution in [2.45, 2.75) is 51.9 Å². The van der Waals surface area contributed by atoms with Crippen LogP contribution in [0.4, 0.5) is 0 Å². The predicted octanol–water partition coefficient (Wildman–Crippen LogP) is 3.04. The molecule has 1 N–H and O–H groups in total. The van der Waals surface area contributed by atoms with Crippen molar-refractivity contribution in [3.63, 3.8) is 0 Å². The first-order valence-corrected chi connectivity index (χ1v) is 6.97. The van der Waals surface area contributed by atoms with E-state index in [0.717, 1.165) is 12.8 Å². The van der Waals surface area contributed by atoms with Crippen molar-refractivity contribution in [2.24, 2.45) is 11.8 Å². The first-order chi connectivity index (χ1) is 8.59. The molecule has 0 radical (unpaired) electrons. The minimum absolute atomic E-state index is 0.167. The molecule has 0 saturated carbocycles. The first-order valence-electron chi connectivity index (χ1n) is 6.97. The fraction of sp³-hybridized carbons (Fsp3) is 0.625. The van der Waals surface area contributed by atoms with Gasteiger partial charge in [-0.15, -0.1) is 0 Å². The van der Waals surface area contributed by atoms with Gasteiger partial charge >= 0.3 is 0 Å². The summed E-state index contributed by atoms with van der Waals surface area (Å²) in [6.45, 7) is 6.37. The summed E-state index contributed by atoms with van der Waals surface area (Å²) in [5.74, 6) is 0.703. The summed E-state index contributed by atoms with van der Waals surface area (Å²) in [6.07, 6.45) is 1.92. The third kappa shape index (κ3) is 2.93. The van der Waals surface area contributed by atoms with Gasteiger partial charge in [0.1, 0.15) is 0 Å². The van der Waals surface area contributed by atoms with Gasteiger partial charge in [-0.1, -0.05) is 37.3 Å². The van der Waals surface area contributed by atoms with Crippen molar-refractivity contribution in [3.8, 4) is 0 Å². The second kappa shape index (κ2) is 5.85. The van der Waals surface area contributed by atoms with Gasteiger partial charge in [-0.2, -0.15) is 0 Å². The fourth-order valence-corrected chi connectivity index (χ4v) is 3.11. The van der Waals surface area contributed by atoms with E-state index in [1.807, 2.05) is 18.2 Å². The summed E-state index contributed by atoms with van der Waals surface area (Å²) in [7, 11) is 0. The molecule has 2 heteroatoms. The Kier molecular flexibility index (Phi) is 4.41. The first kappa shape index (κ1) is 13.6. The Morgan fingerprint density at radius 2 is 1.78 bits per heavy atom. The molecule has 1 aromatic carbocycles. The van der Waals surface area contributed by atoms with Gasteiger partial charge in [0.2, 0.25) is 0 Å². The zero-order valence-corrected chi connectivity index (χ0v) is 11.5. The van der Waals surface area contributed by atoms with Crippen molar-refractivity contribution < 1.29 is 9.84 Å². The standard InChI is InChI=1S/C16H24O2/c1-11-12(2)18-13(3)16(11)15(17)10-9-14-7-5-4-6-8-14/h4-8,11-13,15-17H,9-10H2,1-3H3. The van der Waals surface area contributed by atoms with Gasteiger partial charge < -0.3 is 9.84 Å². The van der Waals surface area contributed by atoms with Gasteiger partial charge in [0.25, 0.3) is 0 Å². The topological polar surface area (TPSA) is 29.5 Å². The molecule has 18 heavy (non-hydrogen) atoms. The van der Waals surface area contributed by atoms with E-state index in [4.69, 9.17) is 4.74 Å². The second-order valence-corrected chi connectivity index (χ2v) is 5.57. The van der Waals surface area contributed by atoms with Crippen LogP contribution in [0.2, 0.25) is 0 Å². The number of ether oxygens (including phenoxy) is 1. The average molecular weight is 248 g/mol. The Morgan fingerprint density at radius 3 is 2.33 bits per heavy atom. The lowest BCUT2D eigenvalue weighted by Crippen LogP contribution is -2.31. The van der Waals surface area contributed by atoms with Crippen LogP contribution in [0, 0.1) is 11.8 Å². The normalized spacial score (nSPS) is 33.6. The molecule has 1 aliphatic heterocycles. The molecule has 0 aliphatic carbocycles. The lowest BCUT2D eigenvalue weighted by atomic mass is 9.83. The molecule has 0 amide bonds. The number of aliphatic hydroxyl groups is 1. The fourth-order valence-electron chi connectivity index (χ4n) is 3.11. The summed E-state index contributed by atoms with van der Waals surface area (Å²) in [4.78, 5) is 0. The van der Waals surface area contributed by atoms with Gasteiger partial charge in [0, 0.05) is 5.92 Å². The number of hydrogen-bond donors (Lipinski definition) is 1. The van der Waals surface area contributed by atoms with E-state index < -0.39 is 0 Å². The highest BCUT2D eigenvalue weighted by Gasteiger charge is 2.40. The smallest absolute Gasteiger partial charge is 0.0607 e. The molecule has 5 atom stereocenters. The molecule has 0 bridgehead atoms. The van der Waals surface area contributed by atoms with Gasteiger partial charge in [-0.3, -0.25) is 0 Å². The number of aryl methyl sites for hydroxylation is 1. The minimum Gasteiger partial charge on any atom is -0.393 e. The third-order valence-electron chi connectivity index (χ3n) is 4.33. The number of benzene rings is 1. The molecule has 1 aromatic rings. The molecular formula is C16H24O2. The average Bonchev–Trinajstić information content (AvgIpc) is 2.62. The molecule has 1 saturated heterocycles. The zero-order valence-electron chi connectivity index (χ0n) is 11.5. The second-order valence-electron chi connectivity index (χ2n) is 5.57. The molecule has 0 spiro atoms. The summed E-state index contributed by atoms with van der Waals surface area (Å²) in [6, 6.07) is 10.4. The van der Waals surface area contributed by atoms with Crippen LogP contribution in [0.25, 0.3) is 0 Å². The number of aliphatic hydroxyl groups excluding tert-OH is 1. The summed E-state index contributed by atoms with van der Waals surface area (Å²) < 4.78 is 5.80. The summed E-state index contributed by atoms with van der Waals surface area (Å²) >= 11 is 0. The summed E-state index contributed by atoms with van der Waals surface area (Å²) in [5.41, 5.74) is 1.30. The molecule has 5 unspecified atom stereocenters. The highest BCUT2D eigenvalue weighted by atomic mass is 16.5. The molecule has 2 rings (SSSR count). The summed E-state index contributed by atoms with van der Waals surface area (Å²) in [5, 5.41) is 10.4. The van der Waals surface area contributed by atoms with E-state index in [9.17, 15) is 5.11 Å². The van der Waals surface area contributed by atoms with Gasteiger partial charge in [0.05, 0.1) is 18.3 Å². The lowest BCUT2D eigenvalue weighted by molar-refractivity contribution is 0.0212. The minimum atomic E-state index is -0.264. The van der Waals surface area contributed by atoms with E-state index in [1.165, 1.54) is 5.56 Å². The SMILES string of the molecule is CC1OC(C)C(C(O)CCc2ccccc2)C1C. The molecule has 0 aromatic heterocycles. The van der Waals surface area contributed by atoms with Crippen LogP contribution in [0.15, 0.2) is 30.3 Å². The van der Waals surface area contributed by atoms with Crippen LogP contribution in [0.5, 0.6) is 0 Å². The molecule has 1 aliphatic rings. The quantitative estimate of drug-likeness (QED) is 0.887. The molecule has 2 nitrogen and oxygen atoms in total. The van der Waals surface area contributed by atoms with Gasteiger partial charge in [-0.05, 0) is 38.2 Å². The number of rotatable bonds is 4. The predicted molar refractivity (Wildman–Crippen MR) is 73.4 cm³/mol. The highest BCUT2D eigenvalue weighted by molar-refractivity contribution is 5.14. The van der Waals surface area contributed by atoms with Crippen LogP contribution in [0.1, 0.15) is 32.8 Å². The maximum Gasteiger partial charge on any atom is 0.0607 e. The largest absolute Gasteiger partial charge is 0.393 e. The van der Waals surface area contributed by atoms with E-state index in [2.05, 4.69) is 32.9 Å². The van der Waals surface area contributed by atoms with E-state index in [-0.39, 0.29) is 24.2 Å². The Balaban J connectivity index is 1.90. The molecular weight excluding hydrogens is 224 g/mol. The molecule has 1 fully saturated rings. The van der Waals surface area contributed by atoms with E-state index in [0.29, 0.717) is 5.92 Å². The van der Waals surface area contributed by atoms with Gasteiger partial charge in [0.15, 0.2) is 0 Å². The van der Waals surface area contributed by atoms with E-state index in [1.54, 1.807) is 0 Å². The lowest BCUT2D eigenvalue weighted by Gasteiger charge is -2.24. The van der Waals surface area contributed by atoms with E-state index >= 15 is 0 Å². The Labute approximate surface area is 110 Å². The van der Waals surface area contributed by atoms with Crippen LogP contribution >= 0.6 is 0 Å². The maximum atomic E-state index is 10.4. The Morgan fingerprint density at radius 1 is 1.11 bits per heavy atom. The van der Waals surface area contributed by atoms with Crippen LogP contribution in [-0.4, -0.2) is 23.4 Å². The Bertz CT molecular complexity index is 363. The monoisotopic (exact) mass is 248 g/mol. The van der Waals surface area contributed by atoms with Crippen molar-refractivity contribution in [1.82, 2.24) is 0 Å². The van der Waals surface area contributed by atoms with Crippen molar-refractivity contribution in [1.29, 1.82) is 0 Å². The van der Waals surface area contributed by atoms with Gasteiger partial charge in [-0.25, -0.2) is 0 Å². The third-order valence-corrected chi connectivity index (χ3v) is 4.33. The van der Waals surface area contributed by atoms with Crippen LogP contribution in [0.3, 0.4) is 0 Å². The highest BCUT2D eigenvalue weighted by Crippen LogP contribution is 2.35.